The molecule has 3 rings (SSSR count). The van der Waals surface area contributed by atoms with Crippen molar-refractivity contribution in [2.24, 2.45) is 0 Å². The van der Waals surface area contributed by atoms with E-state index in [-0.39, 0.29) is 54.2 Å². The number of rotatable bonds is 17. The van der Waals surface area contributed by atoms with Crippen LogP contribution in [-0.2, 0) is 55.1 Å². The lowest BCUT2D eigenvalue weighted by atomic mass is 10.1. The highest BCUT2D eigenvalue weighted by molar-refractivity contribution is 7.48. The predicted molar refractivity (Wildman–Crippen MR) is 158 cm³/mol. The van der Waals surface area contributed by atoms with E-state index < -0.39 is 45.3 Å². The van der Waals surface area contributed by atoms with Crippen LogP contribution >= 0.6 is 7.82 Å². The second kappa shape index (κ2) is 17.4. The summed E-state index contributed by atoms with van der Waals surface area (Å²) >= 11 is 0. The normalized spacial score (nSPS) is 10.8. The van der Waals surface area contributed by atoms with E-state index >= 15 is 0 Å². The molecule has 3 aromatic carbocycles. The Bertz CT molecular complexity index is 1520. The van der Waals surface area contributed by atoms with E-state index in [9.17, 15) is 33.6 Å². The fourth-order valence-electron chi connectivity index (χ4n) is 3.76. The number of aldehydes is 1. The summed E-state index contributed by atoms with van der Waals surface area (Å²) in [4.78, 5) is 58.5. The Morgan fingerprint density at radius 2 is 1.22 bits per heavy atom. The van der Waals surface area contributed by atoms with Crippen LogP contribution in [0.3, 0.4) is 0 Å². The number of aryl methyl sites for hydroxylation is 2. The van der Waals surface area contributed by atoms with E-state index in [1.54, 1.807) is 48.5 Å². The van der Waals surface area contributed by atoms with Gasteiger partial charge in [-0.1, -0.05) is 36.4 Å². The van der Waals surface area contributed by atoms with Crippen molar-refractivity contribution in [2.45, 2.75) is 39.5 Å². The Hall–Kier alpha value is -5.04. The first kappa shape index (κ1) is 35.4. The molecule has 0 heterocycles. The summed E-state index contributed by atoms with van der Waals surface area (Å²) < 4.78 is 49.1. The lowest BCUT2D eigenvalue weighted by Crippen LogP contribution is -2.14. The van der Waals surface area contributed by atoms with E-state index in [0.29, 0.717) is 17.4 Å². The molecule has 0 aromatic heterocycles. The number of aromatic hydroxyl groups is 1. The Kier molecular flexibility index (Phi) is 13.4. The second-order valence-corrected chi connectivity index (χ2v) is 10.9. The molecule has 0 atom stereocenters. The average molecular weight is 659 g/mol. The number of hydrogen-bond acceptors (Lipinski definition) is 14. The van der Waals surface area contributed by atoms with Gasteiger partial charge in [-0.3, -0.25) is 24.0 Å². The van der Waals surface area contributed by atoms with E-state index in [1.807, 2.05) is 0 Å². The number of benzene rings is 3. The van der Waals surface area contributed by atoms with Crippen molar-refractivity contribution in [3.63, 3.8) is 0 Å². The fourth-order valence-corrected chi connectivity index (χ4v) is 4.68. The first-order valence-electron chi connectivity index (χ1n) is 13.7. The summed E-state index contributed by atoms with van der Waals surface area (Å²) in [5.74, 6) is -2.59. The lowest BCUT2D eigenvalue weighted by Gasteiger charge is -2.19. The Morgan fingerprint density at radius 1 is 0.739 bits per heavy atom. The van der Waals surface area contributed by atoms with Crippen LogP contribution in [0.2, 0.25) is 0 Å². The van der Waals surface area contributed by atoms with Gasteiger partial charge >= 0.3 is 31.7 Å². The van der Waals surface area contributed by atoms with E-state index in [0.717, 1.165) is 12.1 Å². The summed E-state index contributed by atoms with van der Waals surface area (Å²) in [6.07, 6.45) is 0.309. The van der Waals surface area contributed by atoms with Crippen LogP contribution in [-0.4, -0.2) is 48.9 Å². The number of phenols is 1. The quantitative estimate of drug-likeness (QED) is 0.0682. The van der Waals surface area contributed by atoms with Crippen LogP contribution in [0.25, 0.3) is 0 Å². The van der Waals surface area contributed by atoms with Gasteiger partial charge in [-0.25, -0.2) is 13.6 Å². The number of ether oxygens (including phenoxy) is 4. The zero-order valence-electron chi connectivity index (χ0n) is 24.9. The van der Waals surface area contributed by atoms with Crippen LogP contribution in [0.4, 0.5) is 0 Å². The van der Waals surface area contributed by atoms with Crippen molar-refractivity contribution >= 4 is 38.0 Å². The summed E-state index contributed by atoms with van der Waals surface area (Å²) in [5.41, 5.74) is 0.954. The van der Waals surface area contributed by atoms with Gasteiger partial charge in [0.05, 0.1) is 5.56 Å². The largest absolute Gasteiger partial charge is 0.535 e. The minimum absolute atomic E-state index is 0.149. The van der Waals surface area contributed by atoms with Crippen molar-refractivity contribution in [1.82, 2.24) is 0 Å². The molecule has 0 fully saturated rings. The van der Waals surface area contributed by atoms with Gasteiger partial charge in [-0.2, -0.15) is 0 Å². The minimum Gasteiger partial charge on any atom is -0.507 e. The molecule has 0 saturated carbocycles. The number of para-hydroxylation sites is 2. The predicted octanol–water partition coefficient (Wildman–Crippen LogP) is 4.84. The highest BCUT2D eigenvalue weighted by Gasteiger charge is 2.31. The molecular formula is C31H31O14P. The highest BCUT2D eigenvalue weighted by Crippen LogP contribution is 2.50. The molecule has 0 unspecified atom stereocenters. The number of esters is 4. The third-order valence-electron chi connectivity index (χ3n) is 5.85. The third kappa shape index (κ3) is 11.8. The molecule has 0 amide bonds. The molecule has 14 nitrogen and oxygen atoms in total. The van der Waals surface area contributed by atoms with Crippen LogP contribution in [0.1, 0.15) is 48.2 Å². The topological polar surface area (TPSA) is 187 Å². The van der Waals surface area contributed by atoms with Gasteiger partial charge in [0.15, 0.2) is 6.29 Å². The number of phenolic OH excluding ortho intramolecular Hbond substituents is 1. The minimum atomic E-state index is -4.67. The molecule has 244 valence electrons. The van der Waals surface area contributed by atoms with Crippen LogP contribution in [0.15, 0.2) is 66.7 Å². The molecule has 0 aliphatic rings. The molecular weight excluding hydrogens is 627 g/mol. The fraction of sp³-hybridized carbons (Fsp3) is 0.258. The van der Waals surface area contributed by atoms with Gasteiger partial charge < -0.3 is 28.6 Å². The molecule has 0 bridgehead atoms. The molecule has 0 aliphatic heterocycles. The number of carbonyl (C=O) groups excluding carboxylic acids is 5. The SMILES string of the molecule is CC(=O)Oc1ccccc1CCC(=O)OCOP(=O)(OCOC(=O)CCc1ccccc1OC(C)=O)Oc1ccc(O)c(C=O)c1. The summed E-state index contributed by atoms with van der Waals surface area (Å²) in [6, 6.07) is 16.6. The number of carbonyl (C=O) groups is 5. The summed E-state index contributed by atoms with van der Waals surface area (Å²) in [7, 11) is -4.67. The molecule has 0 radical (unpaired) electrons. The van der Waals surface area contributed by atoms with Gasteiger partial charge in [0, 0.05) is 26.7 Å². The van der Waals surface area contributed by atoms with E-state index in [4.69, 9.17) is 32.5 Å². The monoisotopic (exact) mass is 658 g/mol. The summed E-state index contributed by atoms with van der Waals surface area (Å²) in [6.45, 7) is 0.691. The van der Waals surface area contributed by atoms with Crippen LogP contribution in [0, 0.1) is 0 Å². The number of phosphoric ester groups is 1. The van der Waals surface area contributed by atoms with Crippen molar-refractivity contribution in [3.8, 4) is 23.0 Å². The Morgan fingerprint density at radius 3 is 1.67 bits per heavy atom. The van der Waals surface area contributed by atoms with Crippen LogP contribution in [0.5, 0.6) is 23.0 Å². The van der Waals surface area contributed by atoms with Crippen molar-refractivity contribution in [3.05, 3.63) is 83.4 Å². The maximum Gasteiger partial charge on any atom is 0.535 e. The zero-order chi connectivity index (χ0) is 33.5. The van der Waals surface area contributed by atoms with Crippen molar-refractivity contribution in [1.29, 1.82) is 0 Å². The Balaban J connectivity index is 1.58. The van der Waals surface area contributed by atoms with Gasteiger partial charge in [-0.15, -0.1) is 0 Å². The molecule has 46 heavy (non-hydrogen) atoms. The molecule has 0 saturated heterocycles. The maximum atomic E-state index is 13.4. The second-order valence-electron chi connectivity index (χ2n) is 9.31. The van der Waals surface area contributed by atoms with Gasteiger partial charge in [0.1, 0.15) is 23.0 Å². The molecule has 3 aromatic rings. The number of phosphoric acid groups is 1. The highest BCUT2D eigenvalue weighted by atomic mass is 31.2. The number of hydrogen-bond donors (Lipinski definition) is 1. The lowest BCUT2D eigenvalue weighted by molar-refractivity contribution is -0.153. The van der Waals surface area contributed by atoms with Crippen molar-refractivity contribution in [2.75, 3.05) is 13.6 Å². The third-order valence-corrected chi connectivity index (χ3v) is 7.13. The standard InChI is InChI=1S/C31H31O14P/c1-21(33)43-28-9-5-3-7-23(28)11-15-30(36)39-19-41-46(38,45-26-13-14-27(35)25(17-26)18-32)42-20-40-31(37)16-12-24-8-4-6-10-29(24)44-22(2)34/h3-10,13-14,17-18,35H,11-12,15-16,19-20H2,1-2H3. The first-order chi connectivity index (χ1) is 22.0. The van der Waals surface area contributed by atoms with Crippen molar-refractivity contribution < 1.29 is 66.2 Å². The van der Waals surface area contributed by atoms with E-state index in [2.05, 4.69) is 0 Å². The average Bonchev–Trinajstić information content (AvgIpc) is 3.00. The van der Waals surface area contributed by atoms with Gasteiger partial charge in [0.25, 0.3) is 0 Å². The zero-order valence-corrected chi connectivity index (χ0v) is 25.8. The van der Waals surface area contributed by atoms with Gasteiger partial charge in [-0.05, 0) is 54.3 Å². The Labute approximate surface area is 263 Å². The van der Waals surface area contributed by atoms with Gasteiger partial charge in [0.2, 0.25) is 13.6 Å². The first-order valence-corrected chi connectivity index (χ1v) is 15.1. The summed E-state index contributed by atoms with van der Waals surface area (Å²) in [5, 5.41) is 9.74. The molecule has 0 spiro atoms. The van der Waals surface area contributed by atoms with E-state index in [1.165, 1.54) is 19.9 Å². The molecule has 1 N–H and O–H groups in total. The maximum absolute atomic E-state index is 13.4. The van der Waals surface area contributed by atoms with Crippen LogP contribution < -0.4 is 14.0 Å². The molecule has 0 aliphatic carbocycles. The smallest absolute Gasteiger partial charge is 0.507 e. The molecule has 15 heteroatoms.